The number of nitrogens with zero attached hydrogens (tertiary/aromatic N) is 3. The predicted molar refractivity (Wildman–Crippen MR) is 87.2 cm³/mol. The van der Waals surface area contributed by atoms with Crippen molar-refractivity contribution in [3.05, 3.63) is 29.6 Å². The van der Waals surface area contributed by atoms with Crippen LogP contribution < -0.4 is 11.1 Å². The zero-order valence-corrected chi connectivity index (χ0v) is 14.0. The number of ether oxygens (including phenoxy) is 1. The molecule has 0 aromatic carbocycles. The molecule has 25 heavy (non-hydrogen) atoms. The van der Waals surface area contributed by atoms with Crippen molar-refractivity contribution in [3.8, 4) is 11.3 Å². The molecule has 1 atom stereocenters. The van der Waals surface area contributed by atoms with Crippen LogP contribution in [0.15, 0.2) is 18.3 Å². The molecular formula is C15H17ClF3N5O. The molecule has 0 radical (unpaired) electrons. The van der Waals surface area contributed by atoms with E-state index in [4.69, 9.17) is 10.5 Å². The van der Waals surface area contributed by atoms with Crippen LogP contribution in [0, 0.1) is 0 Å². The molecule has 4 heterocycles. The predicted octanol–water partition coefficient (Wildman–Crippen LogP) is 2.19. The minimum Gasteiger partial charge on any atom is -0.383 e. The van der Waals surface area contributed by atoms with Crippen molar-refractivity contribution in [1.29, 1.82) is 0 Å². The Bertz CT molecular complexity index is 786. The van der Waals surface area contributed by atoms with Crippen molar-refractivity contribution in [1.82, 2.24) is 20.1 Å². The number of hydrogen-bond donors (Lipinski definition) is 2. The molecule has 1 saturated heterocycles. The molecule has 4 rings (SSSR count). The van der Waals surface area contributed by atoms with E-state index in [0.717, 1.165) is 24.7 Å². The summed E-state index contributed by atoms with van der Waals surface area (Å²) in [7, 11) is 0. The van der Waals surface area contributed by atoms with Crippen molar-refractivity contribution in [2.75, 3.05) is 25.4 Å². The Hall–Kier alpha value is -1.84. The lowest BCUT2D eigenvalue weighted by molar-refractivity contribution is -0.137. The highest BCUT2D eigenvalue weighted by Gasteiger charge is 2.42. The van der Waals surface area contributed by atoms with E-state index < -0.39 is 23.2 Å². The highest BCUT2D eigenvalue weighted by molar-refractivity contribution is 5.85. The van der Waals surface area contributed by atoms with Gasteiger partial charge in [0.05, 0.1) is 30.1 Å². The average Bonchev–Trinajstić information content (AvgIpc) is 3.15. The molecule has 0 aliphatic carbocycles. The largest absolute Gasteiger partial charge is 0.419 e. The van der Waals surface area contributed by atoms with Gasteiger partial charge in [-0.05, 0) is 25.1 Å². The SMILES string of the molecule is Cl.Nc1ncc(-c2cc3n(n2)CCOC32CCNC2)cc1C(F)(F)F. The van der Waals surface area contributed by atoms with Gasteiger partial charge in [-0.2, -0.15) is 18.3 Å². The number of halogens is 4. The van der Waals surface area contributed by atoms with Crippen molar-refractivity contribution in [3.63, 3.8) is 0 Å². The Kier molecular flexibility index (Phi) is 4.42. The summed E-state index contributed by atoms with van der Waals surface area (Å²) in [5, 5.41) is 7.72. The molecule has 1 fully saturated rings. The van der Waals surface area contributed by atoms with Crippen molar-refractivity contribution in [2.24, 2.45) is 0 Å². The molecule has 2 aliphatic rings. The molecule has 3 N–H and O–H groups in total. The maximum absolute atomic E-state index is 13.0. The second kappa shape index (κ2) is 6.15. The van der Waals surface area contributed by atoms with Gasteiger partial charge in [0.15, 0.2) is 0 Å². The number of fused-ring (bicyclic) bond motifs is 2. The van der Waals surface area contributed by atoms with E-state index in [0.29, 0.717) is 31.0 Å². The van der Waals surface area contributed by atoms with Gasteiger partial charge in [0.1, 0.15) is 11.4 Å². The molecule has 0 bridgehead atoms. The molecule has 1 spiro atoms. The molecule has 0 amide bonds. The molecule has 2 aromatic heterocycles. The van der Waals surface area contributed by atoms with Crippen LogP contribution in [0.3, 0.4) is 0 Å². The Morgan fingerprint density at radius 3 is 2.80 bits per heavy atom. The quantitative estimate of drug-likeness (QED) is 0.799. The maximum atomic E-state index is 13.0. The minimum atomic E-state index is -4.55. The molecule has 2 aliphatic heterocycles. The van der Waals surface area contributed by atoms with Crippen LogP contribution >= 0.6 is 12.4 Å². The molecule has 136 valence electrons. The lowest BCUT2D eigenvalue weighted by Gasteiger charge is -2.33. The lowest BCUT2D eigenvalue weighted by atomic mass is 9.96. The fourth-order valence-electron chi connectivity index (χ4n) is 3.35. The molecule has 10 heteroatoms. The van der Waals surface area contributed by atoms with Crippen LogP contribution in [0.5, 0.6) is 0 Å². The molecular weight excluding hydrogens is 359 g/mol. The van der Waals surface area contributed by atoms with Crippen LogP contribution in [0.1, 0.15) is 17.7 Å². The van der Waals surface area contributed by atoms with Gasteiger partial charge < -0.3 is 15.8 Å². The maximum Gasteiger partial charge on any atom is 0.419 e. The van der Waals surface area contributed by atoms with Crippen LogP contribution in [0.4, 0.5) is 19.0 Å². The topological polar surface area (TPSA) is 78.0 Å². The molecule has 1 unspecified atom stereocenters. The number of anilines is 1. The first-order valence-corrected chi connectivity index (χ1v) is 7.65. The van der Waals surface area contributed by atoms with Gasteiger partial charge in [-0.15, -0.1) is 12.4 Å². The first-order valence-electron chi connectivity index (χ1n) is 7.65. The van der Waals surface area contributed by atoms with E-state index in [1.165, 1.54) is 6.20 Å². The lowest BCUT2D eigenvalue weighted by Crippen LogP contribution is -2.40. The summed E-state index contributed by atoms with van der Waals surface area (Å²) in [6, 6.07) is 2.79. The summed E-state index contributed by atoms with van der Waals surface area (Å²) >= 11 is 0. The summed E-state index contributed by atoms with van der Waals surface area (Å²) in [5.41, 5.74) is 5.59. The Morgan fingerprint density at radius 2 is 2.12 bits per heavy atom. The Morgan fingerprint density at radius 1 is 1.32 bits per heavy atom. The van der Waals surface area contributed by atoms with Gasteiger partial charge in [-0.1, -0.05) is 0 Å². The number of nitrogens with two attached hydrogens (primary N) is 1. The van der Waals surface area contributed by atoms with Crippen LogP contribution in [-0.2, 0) is 23.1 Å². The highest BCUT2D eigenvalue weighted by Crippen LogP contribution is 2.38. The van der Waals surface area contributed by atoms with Gasteiger partial charge in [0.25, 0.3) is 0 Å². The van der Waals surface area contributed by atoms with Gasteiger partial charge >= 0.3 is 6.18 Å². The zero-order chi connectivity index (χ0) is 16.9. The number of hydrogen-bond acceptors (Lipinski definition) is 5. The second-order valence-electron chi connectivity index (χ2n) is 6.06. The standard InChI is InChI=1S/C15H16F3N5O.ClH/c16-15(17,18)10-5-9(7-21-13(10)19)11-6-12-14(1-2-20-8-14)24-4-3-23(12)22-11;/h5-7,20H,1-4,8H2,(H2,19,21);1H. The normalized spacial score (nSPS) is 22.7. The Balaban J connectivity index is 0.00000182. The smallest absolute Gasteiger partial charge is 0.383 e. The third kappa shape index (κ3) is 2.96. The third-order valence-corrected chi connectivity index (χ3v) is 4.56. The second-order valence-corrected chi connectivity index (χ2v) is 6.06. The first kappa shape index (κ1) is 18.0. The number of aromatic nitrogens is 3. The molecule has 2 aromatic rings. The van der Waals surface area contributed by atoms with Gasteiger partial charge in [0, 0.05) is 18.3 Å². The summed E-state index contributed by atoms with van der Waals surface area (Å²) < 4.78 is 46.9. The number of alkyl halides is 3. The number of nitrogens with one attached hydrogen (secondary N) is 1. The van der Waals surface area contributed by atoms with Crippen LogP contribution in [0.25, 0.3) is 11.3 Å². The van der Waals surface area contributed by atoms with Crippen molar-refractivity contribution < 1.29 is 17.9 Å². The van der Waals surface area contributed by atoms with E-state index in [2.05, 4.69) is 15.4 Å². The summed E-state index contributed by atoms with van der Waals surface area (Å²) in [6.45, 7) is 2.61. The average molecular weight is 376 g/mol. The molecule has 0 saturated carbocycles. The monoisotopic (exact) mass is 375 g/mol. The number of rotatable bonds is 1. The van der Waals surface area contributed by atoms with E-state index in [9.17, 15) is 13.2 Å². The van der Waals surface area contributed by atoms with E-state index >= 15 is 0 Å². The van der Waals surface area contributed by atoms with Gasteiger partial charge in [0.2, 0.25) is 0 Å². The Labute approximate surface area is 148 Å². The van der Waals surface area contributed by atoms with E-state index in [-0.39, 0.29) is 12.4 Å². The fourth-order valence-corrected chi connectivity index (χ4v) is 3.35. The van der Waals surface area contributed by atoms with Crippen LogP contribution in [0.2, 0.25) is 0 Å². The zero-order valence-electron chi connectivity index (χ0n) is 13.1. The summed E-state index contributed by atoms with van der Waals surface area (Å²) in [5.74, 6) is -0.532. The van der Waals surface area contributed by atoms with Crippen molar-refractivity contribution in [2.45, 2.75) is 24.7 Å². The van der Waals surface area contributed by atoms with E-state index in [1.807, 2.05) is 4.68 Å². The number of pyridine rings is 1. The first-order chi connectivity index (χ1) is 11.4. The fraction of sp³-hybridized carbons (Fsp3) is 0.467. The van der Waals surface area contributed by atoms with Crippen LogP contribution in [-0.4, -0.2) is 34.5 Å². The third-order valence-electron chi connectivity index (χ3n) is 4.56. The minimum absolute atomic E-state index is 0. The summed E-state index contributed by atoms with van der Waals surface area (Å²) in [6.07, 6.45) is -2.42. The van der Waals surface area contributed by atoms with E-state index in [1.54, 1.807) is 6.07 Å². The molecule has 6 nitrogen and oxygen atoms in total. The van der Waals surface area contributed by atoms with Gasteiger partial charge in [-0.3, -0.25) is 4.68 Å². The number of nitrogen functional groups attached to an aromatic ring is 1. The van der Waals surface area contributed by atoms with Gasteiger partial charge in [-0.25, -0.2) is 4.98 Å². The summed E-state index contributed by atoms with van der Waals surface area (Å²) in [4.78, 5) is 3.68. The van der Waals surface area contributed by atoms with Crippen molar-refractivity contribution >= 4 is 18.2 Å². The highest BCUT2D eigenvalue weighted by atomic mass is 35.5.